The van der Waals surface area contributed by atoms with Crippen molar-refractivity contribution >= 4 is 11.6 Å². The zero-order valence-corrected chi connectivity index (χ0v) is 10.6. The lowest BCUT2D eigenvalue weighted by atomic mass is 9.93. The third kappa shape index (κ3) is 2.05. The second kappa shape index (κ2) is 4.72. The third-order valence-corrected chi connectivity index (χ3v) is 3.33. The smallest absolute Gasteiger partial charge is 0.224 e. The van der Waals surface area contributed by atoms with Crippen molar-refractivity contribution in [2.75, 3.05) is 12.4 Å². The van der Waals surface area contributed by atoms with Gasteiger partial charge in [0.1, 0.15) is 5.75 Å². The number of anilines is 1. The van der Waals surface area contributed by atoms with E-state index in [4.69, 9.17) is 4.74 Å². The summed E-state index contributed by atoms with van der Waals surface area (Å²) >= 11 is 0. The van der Waals surface area contributed by atoms with Gasteiger partial charge in [-0.2, -0.15) is 0 Å². The molecule has 0 unspecified atom stereocenters. The average molecular weight is 254 g/mol. The van der Waals surface area contributed by atoms with E-state index in [1.165, 1.54) is 0 Å². The van der Waals surface area contributed by atoms with E-state index >= 15 is 0 Å². The third-order valence-electron chi connectivity index (χ3n) is 3.33. The summed E-state index contributed by atoms with van der Waals surface area (Å²) in [5.41, 5.74) is 4.06. The Morgan fingerprint density at radius 1 is 1.26 bits per heavy atom. The Hall–Kier alpha value is -2.36. The van der Waals surface area contributed by atoms with E-state index in [0.717, 1.165) is 28.8 Å². The van der Waals surface area contributed by atoms with Crippen molar-refractivity contribution in [1.82, 2.24) is 4.98 Å². The van der Waals surface area contributed by atoms with Gasteiger partial charge in [0.2, 0.25) is 5.91 Å². The summed E-state index contributed by atoms with van der Waals surface area (Å²) in [5.74, 6) is 0.741. The largest absolute Gasteiger partial charge is 0.495 e. The molecule has 0 saturated carbocycles. The van der Waals surface area contributed by atoms with Crippen molar-refractivity contribution in [1.29, 1.82) is 0 Å². The van der Waals surface area contributed by atoms with Crippen LogP contribution in [0.4, 0.5) is 5.69 Å². The van der Waals surface area contributed by atoms with Gasteiger partial charge < -0.3 is 10.1 Å². The minimum atomic E-state index is 0.0362. The number of nitrogens with one attached hydrogen (secondary N) is 1. The Kier molecular flexibility index (Phi) is 2.91. The average Bonchev–Trinajstić information content (AvgIpc) is 2.47. The van der Waals surface area contributed by atoms with Crippen LogP contribution in [0.15, 0.2) is 36.7 Å². The highest BCUT2D eigenvalue weighted by molar-refractivity contribution is 5.97. The van der Waals surface area contributed by atoms with E-state index in [1.807, 2.05) is 30.5 Å². The molecule has 1 aliphatic heterocycles. The van der Waals surface area contributed by atoms with Gasteiger partial charge in [0, 0.05) is 24.4 Å². The van der Waals surface area contributed by atoms with Gasteiger partial charge in [-0.3, -0.25) is 9.78 Å². The number of carbonyl (C=O) groups excluding carboxylic acids is 1. The maximum atomic E-state index is 11.6. The number of fused-ring (bicyclic) bond motifs is 1. The number of hydrogen-bond acceptors (Lipinski definition) is 3. The molecule has 1 N–H and O–H groups in total. The second-order valence-corrected chi connectivity index (χ2v) is 4.46. The normalized spacial score (nSPS) is 13.6. The Morgan fingerprint density at radius 3 is 2.89 bits per heavy atom. The summed E-state index contributed by atoms with van der Waals surface area (Å²) in [6.45, 7) is 0. The number of methoxy groups -OCH3 is 1. The van der Waals surface area contributed by atoms with Crippen molar-refractivity contribution in [2.24, 2.45) is 0 Å². The molecule has 0 aliphatic carbocycles. The van der Waals surface area contributed by atoms with Crippen LogP contribution in [-0.4, -0.2) is 18.0 Å². The lowest BCUT2D eigenvalue weighted by Gasteiger charge is -2.22. The van der Waals surface area contributed by atoms with Crippen LogP contribution in [0.1, 0.15) is 12.0 Å². The lowest BCUT2D eigenvalue weighted by molar-refractivity contribution is -0.116. The van der Waals surface area contributed by atoms with Crippen LogP contribution >= 0.6 is 0 Å². The van der Waals surface area contributed by atoms with E-state index < -0.39 is 0 Å². The van der Waals surface area contributed by atoms with Crippen LogP contribution in [-0.2, 0) is 11.2 Å². The molecule has 1 aliphatic rings. The molecule has 0 fully saturated rings. The van der Waals surface area contributed by atoms with Gasteiger partial charge >= 0.3 is 0 Å². The van der Waals surface area contributed by atoms with Crippen LogP contribution in [0.5, 0.6) is 5.75 Å². The first-order valence-corrected chi connectivity index (χ1v) is 6.19. The maximum absolute atomic E-state index is 11.6. The van der Waals surface area contributed by atoms with Gasteiger partial charge in [-0.1, -0.05) is 12.1 Å². The highest BCUT2D eigenvalue weighted by Crippen LogP contribution is 2.38. The summed E-state index contributed by atoms with van der Waals surface area (Å²) in [6, 6.07) is 7.83. The minimum absolute atomic E-state index is 0.0362. The number of carbonyl (C=O) groups is 1. The molecule has 0 radical (unpaired) electrons. The molecule has 0 spiro atoms. The van der Waals surface area contributed by atoms with E-state index in [0.29, 0.717) is 12.2 Å². The van der Waals surface area contributed by atoms with Crippen molar-refractivity contribution < 1.29 is 9.53 Å². The molecule has 0 atom stereocenters. The molecular weight excluding hydrogens is 240 g/mol. The van der Waals surface area contributed by atoms with Crippen LogP contribution < -0.4 is 10.1 Å². The summed E-state index contributed by atoms with van der Waals surface area (Å²) in [7, 11) is 1.61. The van der Waals surface area contributed by atoms with Gasteiger partial charge in [-0.25, -0.2) is 0 Å². The number of aromatic nitrogens is 1. The first-order valence-electron chi connectivity index (χ1n) is 6.19. The van der Waals surface area contributed by atoms with E-state index in [-0.39, 0.29) is 5.91 Å². The van der Waals surface area contributed by atoms with Crippen LogP contribution in [0.3, 0.4) is 0 Å². The number of benzene rings is 1. The molecule has 4 heteroatoms. The number of amides is 1. The zero-order valence-electron chi connectivity index (χ0n) is 10.6. The molecule has 2 aromatic rings. The molecule has 96 valence electrons. The summed E-state index contributed by atoms with van der Waals surface area (Å²) in [6.07, 6.45) is 4.82. The zero-order chi connectivity index (χ0) is 13.2. The highest BCUT2D eigenvalue weighted by Gasteiger charge is 2.22. The Morgan fingerprint density at radius 2 is 2.16 bits per heavy atom. The fraction of sp³-hybridized carbons (Fsp3) is 0.200. The fourth-order valence-electron chi connectivity index (χ4n) is 2.43. The van der Waals surface area contributed by atoms with Crippen molar-refractivity contribution in [2.45, 2.75) is 12.8 Å². The Balaban J connectivity index is 2.18. The Bertz CT molecular complexity index is 624. The van der Waals surface area contributed by atoms with Crippen LogP contribution in [0, 0.1) is 0 Å². The number of nitrogens with zero attached hydrogens (tertiary/aromatic N) is 1. The molecule has 2 heterocycles. The molecule has 1 aromatic heterocycles. The van der Waals surface area contributed by atoms with Crippen LogP contribution in [0.25, 0.3) is 11.1 Å². The molecule has 1 aromatic carbocycles. The van der Waals surface area contributed by atoms with E-state index in [2.05, 4.69) is 10.3 Å². The fourth-order valence-corrected chi connectivity index (χ4v) is 2.43. The molecule has 3 rings (SSSR count). The first kappa shape index (κ1) is 11.7. The summed E-state index contributed by atoms with van der Waals surface area (Å²) in [4.78, 5) is 15.7. The number of rotatable bonds is 2. The second-order valence-electron chi connectivity index (χ2n) is 4.46. The minimum Gasteiger partial charge on any atom is -0.495 e. The van der Waals surface area contributed by atoms with Gasteiger partial charge in [0.15, 0.2) is 0 Å². The highest BCUT2D eigenvalue weighted by atomic mass is 16.5. The Labute approximate surface area is 111 Å². The maximum Gasteiger partial charge on any atom is 0.224 e. The SMILES string of the molecule is COc1ccc(-c2cccnc2)c2c1NC(=O)CC2. The number of ether oxygens (including phenoxy) is 1. The monoisotopic (exact) mass is 254 g/mol. The summed E-state index contributed by atoms with van der Waals surface area (Å²) in [5, 5.41) is 2.91. The van der Waals surface area contributed by atoms with Crippen molar-refractivity contribution in [3.63, 3.8) is 0 Å². The lowest BCUT2D eigenvalue weighted by Crippen LogP contribution is -2.20. The van der Waals surface area contributed by atoms with Crippen molar-refractivity contribution in [3.8, 4) is 16.9 Å². The molecule has 0 bridgehead atoms. The summed E-state index contributed by atoms with van der Waals surface area (Å²) < 4.78 is 5.32. The molecular formula is C15H14N2O2. The van der Waals surface area contributed by atoms with E-state index in [9.17, 15) is 4.79 Å². The van der Waals surface area contributed by atoms with Gasteiger partial charge in [-0.05, 0) is 29.7 Å². The van der Waals surface area contributed by atoms with E-state index in [1.54, 1.807) is 13.3 Å². The molecule has 4 nitrogen and oxygen atoms in total. The van der Waals surface area contributed by atoms with Gasteiger partial charge in [0.25, 0.3) is 0 Å². The quantitative estimate of drug-likeness (QED) is 0.896. The van der Waals surface area contributed by atoms with Gasteiger partial charge in [0.05, 0.1) is 12.8 Å². The predicted octanol–water partition coefficient (Wildman–Crippen LogP) is 2.64. The van der Waals surface area contributed by atoms with Gasteiger partial charge in [-0.15, -0.1) is 0 Å². The first-order chi connectivity index (χ1) is 9.29. The topological polar surface area (TPSA) is 51.2 Å². The standard InChI is InChI=1S/C15H14N2O2/c1-19-13-6-4-11(10-3-2-8-16-9-10)12-5-7-14(18)17-15(12)13/h2-4,6,8-9H,5,7H2,1H3,(H,17,18). The van der Waals surface area contributed by atoms with Crippen molar-refractivity contribution in [3.05, 3.63) is 42.2 Å². The molecule has 19 heavy (non-hydrogen) atoms. The molecule has 1 amide bonds. The predicted molar refractivity (Wildman–Crippen MR) is 73.2 cm³/mol. The number of hydrogen-bond donors (Lipinski definition) is 1. The number of pyridine rings is 1. The molecule has 0 saturated heterocycles. The van der Waals surface area contributed by atoms with Crippen LogP contribution in [0.2, 0.25) is 0 Å².